The molecule has 5 nitrogen and oxygen atoms in total. The van der Waals surface area contributed by atoms with E-state index in [2.05, 4.69) is 24.5 Å². The van der Waals surface area contributed by atoms with Crippen LogP contribution in [0.25, 0.3) is 0 Å². The van der Waals surface area contributed by atoms with Crippen molar-refractivity contribution in [2.45, 2.75) is 65.0 Å². The quantitative estimate of drug-likeness (QED) is 0.784. The van der Waals surface area contributed by atoms with Gasteiger partial charge in [0.1, 0.15) is 5.75 Å². The molecule has 2 N–H and O–H groups in total. The lowest BCUT2D eigenvalue weighted by Crippen LogP contribution is -2.43. The number of ether oxygens (including phenoxy) is 1. The van der Waals surface area contributed by atoms with Crippen molar-refractivity contribution < 1.29 is 14.3 Å². The van der Waals surface area contributed by atoms with Crippen molar-refractivity contribution in [2.24, 2.45) is 23.7 Å². The van der Waals surface area contributed by atoms with E-state index in [1.165, 1.54) is 19.3 Å². The molecule has 0 saturated heterocycles. The molecule has 0 bridgehead atoms. The summed E-state index contributed by atoms with van der Waals surface area (Å²) in [6.45, 7) is 4.65. The summed E-state index contributed by atoms with van der Waals surface area (Å²) >= 11 is 0. The largest absolute Gasteiger partial charge is 0.497 e. The lowest BCUT2D eigenvalue weighted by Gasteiger charge is -2.27. The first-order valence-corrected chi connectivity index (χ1v) is 10.7. The highest BCUT2D eigenvalue weighted by atomic mass is 16.5. The number of nitrogens with one attached hydrogen (secondary N) is 2. The lowest BCUT2D eigenvalue weighted by atomic mass is 9.87. The summed E-state index contributed by atoms with van der Waals surface area (Å²) in [6, 6.07) is 8.04. The molecule has 4 unspecified atom stereocenters. The zero-order chi connectivity index (χ0) is 20.1. The minimum atomic E-state index is -0.109. The fraction of sp³-hybridized carbons (Fsp3) is 0.652. The van der Waals surface area contributed by atoms with Gasteiger partial charge in [-0.25, -0.2) is 0 Å². The second-order valence-corrected chi connectivity index (χ2v) is 8.62. The van der Waals surface area contributed by atoms with E-state index in [0.717, 1.165) is 30.6 Å². The van der Waals surface area contributed by atoms with Gasteiger partial charge >= 0.3 is 0 Å². The Kier molecular flexibility index (Phi) is 6.97. The van der Waals surface area contributed by atoms with Gasteiger partial charge < -0.3 is 15.4 Å². The summed E-state index contributed by atoms with van der Waals surface area (Å²) in [5.41, 5.74) is 1.01. The van der Waals surface area contributed by atoms with E-state index in [1.807, 2.05) is 24.3 Å². The van der Waals surface area contributed by atoms with Gasteiger partial charge in [0.05, 0.1) is 7.11 Å². The van der Waals surface area contributed by atoms with Gasteiger partial charge in [0.2, 0.25) is 11.8 Å². The van der Waals surface area contributed by atoms with Gasteiger partial charge in [0, 0.05) is 24.4 Å². The SMILES string of the molecule is COc1cccc(CNC(=O)C2CC(C)C(C(=O)NC3CCCCC3)C2C)c1. The fourth-order valence-corrected chi connectivity index (χ4v) is 5.02. The third-order valence-corrected chi connectivity index (χ3v) is 6.63. The molecule has 1 aromatic carbocycles. The molecule has 0 aliphatic heterocycles. The highest BCUT2D eigenvalue weighted by Gasteiger charge is 2.45. The molecule has 2 fully saturated rings. The summed E-state index contributed by atoms with van der Waals surface area (Å²) in [4.78, 5) is 25.7. The normalized spacial score (nSPS) is 28.0. The van der Waals surface area contributed by atoms with Crippen molar-refractivity contribution in [2.75, 3.05) is 7.11 Å². The molecule has 5 heteroatoms. The van der Waals surface area contributed by atoms with E-state index in [-0.39, 0.29) is 35.5 Å². The van der Waals surface area contributed by atoms with Gasteiger partial charge in [0.25, 0.3) is 0 Å². The predicted octanol–water partition coefficient (Wildman–Crippen LogP) is 3.67. The van der Waals surface area contributed by atoms with Crippen LogP contribution < -0.4 is 15.4 Å². The number of rotatable bonds is 6. The average Bonchev–Trinajstić information content (AvgIpc) is 3.01. The monoisotopic (exact) mass is 386 g/mol. The molecule has 2 aliphatic carbocycles. The minimum absolute atomic E-state index is 0.0511. The number of amides is 2. The molecule has 2 amide bonds. The third-order valence-electron chi connectivity index (χ3n) is 6.63. The molecule has 0 heterocycles. The average molecular weight is 387 g/mol. The Morgan fingerprint density at radius 1 is 1.11 bits per heavy atom. The summed E-state index contributed by atoms with van der Waals surface area (Å²) in [5.74, 6) is 1.09. The molecule has 4 atom stereocenters. The molecule has 2 saturated carbocycles. The number of methoxy groups -OCH3 is 1. The molecular formula is C23H34N2O3. The maximum absolute atomic E-state index is 12.9. The predicted molar refractivity (Wildman–Crippen MR) is 110 cm³/mol. The molecule has 28 heavy (non-hydrogen) atoms. The van der Waals surface area contributed by atoms with Crippen LogP contribution in [0, 0.1) is 23.7 Å². The van der Waals surface area contributed by atoms with Crippen molar-refractivity contribution >= 4 is 11.8 Å². The van der Waals surface area contributed by atoms with E-state index in [4.69, 9.17) is 4.74 Å². The second kappa shape index (κ2) is 9.44. The Hall–Kier alpha value is -2.04. The van der Waals surface area contributed by atoms with Crippen molar-refractivity contribution in [3.8, 4) is 5.75 Å². The molecule has 3 rings (SSSR count). The smallest absolute Gasteiger partial charge is 0.223 e. The van der Waals surface area contributed by atoms with E-state index < -0.39 is 0 Å². The van der Waals surface area contributed by atoms with E-state index in [9.17, 15) is 9.59 Å². The van der Waals surface area contributed by atoms with Crippen LogP contribution in [0.2, 0.25) is 0 Å². The molecular weight excluding hydrogens is 352 g/mol. The highest BCUT2D eigenvalue weighted by molar-refractivity contribution is 5.84. The Morgan fingerprint density at radius 3 is 2.57 bits per heavy atom. The number of carbonyl (C=O) groups is 2. The van der Waals surface area contributed by atoms with Crippen molar-refractivity contribution in [3.05, 3.63) is 29.8 Å². The molecule has 0 aromatic heterocycles. The first kappa shape index (κ1) is 20.7. The zero-order valence-electron chi connectivity index (χ0n) is 17.4. The summed E-state index contributed by atoms with van der Waals surface area (Å²) in [6.07, 6.45) is 6.63. The molecule has 0 spiro atoms. The first-order valence-electron chi connectivity index (χ1n) is 10.7. The van der Waals surface area contributed by atoms with Gasteiger partial charge in [-0.1, -0.05) is 45.2 Å². The van der Waals surface area contributed by atoms with E-state index in [1.54, 1.807) is 7.11 Å². The van der Waals surface area contributed by atoms with Crippen LogP contribution in [-0.2, 0) is 16.1 Å². The summed E-state index contributed by atoms with van der Waals surface area (Å²) < 4.78 is 5.24. The second-order valence-electron chi connectivity index (χ2n) is 8.62. The van der Waals surface area contributed by atoms with Crippen LogP contribution in [0.5, 0.6) is 5.75 Å². The van der Waals surface area contributed by atoms with Crippen molar-refractivity contribution in [3.63, 3.8) is 0 Å². The molecule has 2 aliphatic rings. The van der Waals surface area contributed by atoms with E-state index >= 15 is 0 Å². The van der Waals surface area contributed by atoms with Crippen LogP contribution in [0.3, 0.4) is 0 Å². The van der Waals surface area contributed by atoms with Gasteiger partial charge in [-0.3, -0.25) is 9.59 Å². The Morgan fingerprint density at radius 2 is 1.86 bits per heavy atom. The van der Waals surface area contributed by atoms with E-state index in [0.29, 0.717) is 12.6 Å². The number of hydrogen-bond acceptors (Lipinski definition) is 3. The Bertz CT molecular complexity index is 684. The first-order chi connectivity index (χ1) is 13.5. The van der Waals surface area contributed by atoms with Crippen LogP contribution in [0.4, 0.5) is 0 Å². The van der Waals surface area contributed by atoms with Gasteiger partial charge in [-0.05, 0) is 48.8 Å². The van der Waals surface area contributed by atoms with Gasteiger partial charge in [-0.15, -0.1) is 0 Å². The third kappa shape index (κ3) is 4.86. The van der Waals surface area contributed by atoms with Gasteiger partial charge in [-0.2, -0.15) is 0 Å². The highest BCUT2D eigenvalue weighted by Crippen LogP contribution is 2.41. The Labute approximate surface area is 168 Å². The maximum atomic E-state index is 12.9. The lowest BCUT2D eigenvalue weighted by molar-refractivity contribution is -0.129. The number of carbonyl (C=O) groups excluding carboxylic acids is 2. The van der Waals surface area contributed by atoms with Crippen LogP contribution in [0.15, 0.2) is 24.3 Å². The van der Waals surface area contributed by atoms with Crippen LogP contribution in [-0.4, -0.2) is 25.0 Å². The van der Waals surface area contributed by atoms with Gasteiger partial charge in [0.15, 0.2) is 0 Å². The molecule has 0 radical (unpaired) electrons. The topological polar surface area (TPSA) is 67.4 Å². The van der Waals surface area contributed by atoms with Crippen molar-refractivity contribution in [1.82, 2.24) is 10.6 Å². The standard InChI is InChI=1S/C23H34N2O3/c1-15-12-20(22(26)24-14-17-8-7-11-19(13-17)28-3)16(2)21(15)23(27)25-18-9-5-4-6-10-18/h7-8,11,13,15-16,18,20-21H,4-6,9-10,12,14H2,1-3H3,(H,24,26)(H,25,27). The van der Waals surface area contributed by atoms with Crippen molar-refractivity contribution in [1.29, 1.82) is 0 Å². The molecule has 1 aromatic rings. The number of hydrogen-bond donors (Lipinski definition) is 2. The zero-order valence-corrected chi connectivity index (χ0v) is 17.4. The maximum Gasteiger partial charge on any atom is 0.223 e. The minimum Gasteiger partial charge on any atom is -0.497 e. The fourth-order valence-electron chi connectivity index (χ4n) is 5.02. The van der Waals surface area contributed by atoms with Crippen LogP contribution in [0.1, 0.15) is 57.9 Å². The Balaban J connectivity index is 1.55. The number of benzene rings is 1. The summed E-state index contributed by atoms with van der Waals surface area (Å²) in [5, 5.41) is 6.32. The summed E-state index contributed by atoms with van der Waals surface area (Å²) in [7, 11) is 1.64. The molecule has 154 valence electrons. The van der Waals surface area contributed by atoms with Crippen LogP contribution >= 0.6 is 0 Å².